The number of carbonyl (C=O) groups excluding carboxylic acids is 1. The molecule has 0 saturated carbocycles. The van der Waals surface area contributed by atoms with E-state index in [0.29, 0.717) is 38.4 Å². The standard InChI is InChI=1S/C20H22N2O5S2/c1-26-16-7-6-15(13-19(16)29(24,25)22-8-10-27-11-9-22)21-20(23)18-12-14-4-2-3-5-17(14)28-18/h2-7,13,18H,8-12H2,1H3,(H,21,23)/t18-/m1/s1. The number of ether oxygens (including phenoxy) is 2. The molecule has 1 N–H and O–H groups in total. The first-order valence-electron chi connectivity index (χ1n) is 9.30. The molecule has 4 rings (SSSR count). The van der Waals surface area contributed by atoms with E-state index in [9.17, 15) is 13.2 Å². The number of sulfonamides is 1. The van der Waals surface area contributed by atoms with Crippen LogP contribution in [0.5, 0.6) is 5.75 Å². The zero-order valence-corrected chi connectivity index (χ0v) is 17.6. The minimum absolute atomic E-state index is 0.0436. The summed E-state index contributed by atoms with van der Waals surface area (Å²) in [6.45, 7) is 1.30. The number of anilines is 1. The van der Waals surface area contributed by atoms with Crippen LogP contribution in [0.1, 0.15) is 5.56 Å². The normalized spacial score (nSPS) is 19.6. The predicted octanol–water partition coefficient (Wildman–Crippen LogP) is 2.37. The van der Waals surface area contributed by atoms with E-state index in [0.717, 1.165) is 10.5 Å². The molecule has 0 aliphatic carbocycles. The highest BCUT2D eigenvalue weighted by Gasteiger charge is 2.31. The molecule has 0 unspecified atom stereocenters. The van der Waals surface area contributed by atoms with E-state index >= 15 is 0 Å². The summed E-state index contributed by atoms with van der Waals surface area (Å²) in [6.07, 6.45) is 0.655. The number of fused-ring (bicyclic) bond motifs is 1. The van der Waals surface area contributed by atoms with Gasteiger partial charge in [0.05, 0.1) is 25.6 Å². The number of methoxy groups -OCH3 is 1. The van der Waals surface area contributed by atoms with E-state index in [2.05, 4.69) is 5.32 Å². The number of rotatable bonds is 5. The summed E-state index contributed by atoms with van der Waals surface area (Å²) in [4.78, 5) is 13.9. The third kappa shape index (κ3) is 4.13. The first kappa shape index (κ1) is 20.2. The largest absolute Gasteiger partial charge is 0.495 e. The number of amides is 1. The molecule has 2 aromatic rings. The summed E-state index contributed by atoms with van der Waals surface area (Å²) < 4.78 is 38.1. The van der Waals surface area contributed by atoms with E-state index in [4.69, 9.17) is 9.47 Å². The number of carbonyl (C=O) groups is 1. The summed E-state index contributed by atoms with van der Waals surface area (Å²) in [5.41, 5.74) is 1.59. The van der Waals surface area contributed by atoms with Gasteiger partial charge < -0.3 is 14.8 Å². The van der Waals surface area contributed by atoms with Gasteiger partial charge in [0, 0.05) is 23.7 Å². The highest BCUT2D eigenvalue weighted by atomic mass is 32.2. The Labute approximate surface area is 174 Å². The van der Waals surface area contributed by atoms with Crippen molar-refractivity contribution >= 4 is 33.4 Å². The molecule has 2 aliphatic rings. The Bertz CT molecular complexity index is 994. The average molecular weight is 435 g/mol. The van der Waals surface area contributed by atoms with Gasteiger partial charge >= 0.3 is 0 Å². The second-order valence-corrected chi connectivity index (χ2v) is 9.94. The van der Waals surface area contributed by atoms with Gasteiger partial charge in [-0.05, 0) is 36.2 Å². The van der Waals surface area contributed by atoms with Crippen LogP contribution in [0.15, 0.2) is 52.3 Å². The third-order valence-electron chi connectivity index (χ3n) is 4.96. The Morgan fingerprint density at radius 1 is 1.21 bits per heavy atom. The Morgan fingerprint density at radius 2 is 1.97 bits per heavy atom. The molecule has 0 radical (unpaired) electrons. The molecule has 1 atom stereocenters. The fourth-order valence-electron chi connectivity index (χ4n) is 3.43. The van der Waals surface area contributed by atoms with Crippen molar-refractivity contribution in [3.63, 3.8) is 0 Å². The van der Waals surface area contributed by atoms with Gasteiger partial charge in [-0.25, -0.2) is 8.42 Å². The van der Waals surface area contributed by atoms with Crippen LogP contribution in [-0.2, 0) is 26.0 Å². The van der Waals surface area contributed by atoms with Crippen LogP contribution >= 0.6 is 11.8 Å². The van der Waals surface area contributed by atoms with Gasteiger partial charge in [-0.15, -0.1) is 11.8 Å². The topological polar surface area (TPSA) is 84.9 Å². The number of nitrogens with one attached hydrogen (secondary N) is 1. The summed E-state index contributed by atoms with van der Waals surface area (Å²) in [5, 5.41) is 2.62. The predicted molar refractivity (Wildman–Crippen MR) is 111 cm³/mol. The van der Waals surface area contributed by atoms with Crippen LogP contribution in [0.4, 0.5) is 5.69 Å². The van der Waals surface area contributed by atoms with E-state index in [1.807, 2.05) is 24.3 Å². The number of nitrogens with zero attached hydrogens (tertiary/aromatic N) is 1. The fraction of sp³-hybridized carbons (Fsp3) is 0.350. The zero-order chi connectivity index (χ0) is 20.4. The maximum atomic E-state index is 13.1. The Balaban J connectivity index is 1.55. The fourth-order valence-corrected chi connectivity index (χ4v) is 6.22. The van der Waals surface area contributed by atoms with E-state index < -0.39 is 10.0 Å². The molecule has 2 aromatic carbocycles. The molecule has 1 saturated heterocycles. The third-order valence-corrected chi connectivity index (χ3v) is 8.20. The summed E-state index contributed by atoms with van der Waals surface area (Å²) in [7, 11) is -2.33. The Kier molecular flexibility index (Phi) is 5.82. The molecular formula is C20H22N2O5S2. The molecule has 0 bridgehead atoms. The Morgan fingerprint density at radius 3 is 2.69 bits per heavy atom. The van der Waals surface area contributed by atoms with Crippen LogP contribution in [0.3, 0.4) is 0 Å². The quantitative estimate of drug-likeness (QED) is 0.778. The van der Waals surface area contributed by atoms with E-state index in [1.54, 1.807) is 12.1 Å². The first-order valence-corrected chi connectivity index (χ1v) is 11.6. The lowest BCUT2D eigenvalue weighted by Gasteiger charge is -2.27. The van der Waals surface area contributed by atoms with E-state index in [1.165, 1.54) is 29.2 Å². The van der Waals surface area contributed by atoms with Gasteiger partial charge in [-0.3, -0.25) is 4.79 Å². The molecule has 29 heavy (non-hydrogen) atoms. The number of hydrogen-bond acceptors (Lipinski definition) is 6. The average Bonchev–Trinajstić information content (AvgIpc) is 3.19. The SMILES string of the molecule is COc1ccc(NC(=O)[C@H]2Cc3ccccc3S2)cc1S(=O)(=O)N1CCOCC1. The van der Waals surface area contributed by atoms with Gasteiger partial charge in [0.15, 0.2) is 0 Å². The minimum Gasteiger partial charge on any atom is -0.495 e. The van der Waals surface area contributed by atoms with Crippen molar-refractivity contribution in [3.05, 3.63) is 48.0 Å². The molecule has 2 aliphatic heterocycles. The van der Waals surface area contributed by atoms with Crippen molar-refractivity contribution in [3.8, 4) is 5.75 Å². The highest BCUT2D eigenvalue weighted by molar-refractivity contribution is 8.01. The van der Waals surface area contributed by atoms with Crippen molar-refractivity contribution in [2.45, 2.75) is 21.5 Å². The second-order valence-electron chi connectivity index (χ2n) is 6.79. The lowest BCUT2D eigenvalue weighted by atomic mass is 10.1. The van der Waals surface area contributed by atoms with Crippen LogP contribution in [0.25, 0.3) is 0 Å². The molecule has 1 amide bonds. The van der Waals surface area contributed by atoms with Crippen molar-refractivity contribution < 1.29 is 22.7 Å². The monoisotopic (exact) mass is 434 g/mol. The molecular weight excluding hydrogens is 412 g/mol. The molecule has 154 valence electrons. The second kappa shape index (κ2) is 8.35. The minimum atomic E-state index is -3.75. The first-order chi connectivity index (χ1) is 14.0. The van der Waals surface area contributed by atoms with Crippen molar-refractivity contribution in [1.82, 2.24) is 4.31 Å². The van der Waals surface area contributed by atoms with Crippen LogP contribution in [-0.4, -0.2) is 57.3 Å². The molecule has 1 fully saturated rings. The number of hydrogen-bond donors (Lipinski definition) is 1. The number of morpholine rings is 1. The van der Waals surface area contributed by atoms with Crippen molar-refractivity contribution in [2.24, 2.45) is 0 Å². The molecule has 0 aromatic heterocycles. The van der Waals surface area contributed by atoms with Gasteiger partial charge in [0.2, 0.25) is 15.9 Å². The number of benzene rings is 2. The Hall–Kier alpha value is -2.07. The summed E-state index contributed by atoms with van der Waals surface area (Å²) in [5.74, 6) is 0.100. The smallest absolute Gasteiger partial charge is 0.246 e. The van der Waals surface area contributed by atoms with Crippen molar-refractivity contribution in [2.75, 3.05) is 38.7 Å². The lowest BCUT2D eigenvalue weighted by molar-refractivity contribution is -0.115. The molecule has 2 heterocycles. The zero-order valence-electron chi connectivity index (χ0n) is 16.0. The number of thioether (sulfide) groups is 1. The van der Waals surface area contributed by atoms with Gasteiger partial charge in [0.1, 0.15) is 10.6 Å². The molecule has 0 spiro atoms. The summed E-state index contributed by atoms with van der Waals surface area (Å²) in [6, 6.07) is 12.6. The van der Waals surface area contributed by atoms with Crippen molar-refractivity contribution in [1.29, 1.82) is 0 Å². The van der Waals surface area contributed by atoms with Crippen LogP contribution in [0, 0.1) is 0 Å². The van der Waals surface area contributed by atoms with Gasteiger partial charge in [-0.1, -0.05) is 18.2 Å². The maximum Gasteiger partial charge on any atom is 0.246 e. The van der Waals surface area contributed by atoms with Gasteiger partial charge in [-0.2, -0.15) is 4.31 Å². The van der Waals surface area contributed by atoms with Crippen LogP contribution in [0.2, 0.25) is 0 Å². The molecule has 9 heteroatoms. The highest BCUT2D eigenvalue weighted by Crippen LogP contribution is 2.37. The molecule has 7 nitrogen and oxygen atoms in total. The maximum absolute atomic E-state index is 13.1. The van der Waals surface area contributed by atoms with Crippen LogP contribution < -0.4 is 10.1 Å². The lowest BCUT2D eigenvalue weighted by Crippen LogP contribution is -2.40. The van der Waals surface area contributed by atoms with E-state index in [-0.39, 0.29) is 21.8 Å². The summed E-state index contributed by atoms with van der Waals surface area (Å²) >= 11 is 1.53. The van der Waals surface area contributed by atoms with Gasteiger partial charge in [0.25, 0.3) is 0 Å².